The molecule has 1 unspecified atom stereocenters. The van der Waals surface area contributed by atoms with Crippen molar-refractivity contribution in [3.63, 3.8) is 0 Å². The standard InChI is InChI=1S/C23H30N2O2/c1-18(25-22(27)16-10-5-11-17-24-19(2)26)23(20-12-6-3-7-13-20)21-14-8-4-9-15-21/h3-4,6-9,12-15,18,23H,5,10-11,16-17H2,1-2H3,(H,24,26)(H,25,27). The molecule has 2 N–H and O–H groups in total. The molecule has 0 saturated carbocycles. The molecule has 1 atom stereocenters. The first-order valence-electron chi connectivity index (χ1n) is 9.71. The van der Waals surface area contributed by atoms with Gasteiger partial charge in [0, 0.05) is 31.8 Å². The van der Waals surface area contributed by atoms with Crippen molar-refractivity contribution in [3.8, 4) is 0 Å². The van der Waals surface area contributed by atoms with E-state index in [9.17, 15) is 9.59 Å². The zero-order valence-electron chi connectivity index (χ0n) is 16.3. The highest BCUT2D eigenvalue weighted by molar-refractivity contribution is 5.76. The minimum atomic E-state index is -0.00515. The molecule has 0 saturated heterocycles. The van der Waals surface area contributed by atoms with E-state index in [1.54, 1.807) is 0 Å². The van der Waals surface area contributed by atoms with Gasteiger partial charge in [-0.05, 0) is 30.9 Å². The summed E-state index contributed by atoms with van der Waals surface area (Å²) < 4.78 is 0. The quantitative estimate of drug-likeness (QED) is 0.624. The molecular weight excluding hydrogens is 336 g/mol. The Kier molecular flexibility index (Phi) is 8.56. The lowest BCUT2D eigenvalue weighted by molar-refractivity contribution is -0.122. The fraction of sp³-hybridized carbons (Fsp3) is 0.391. The molecule has 4 nitrogen and oxygen atoms in total. The summed E-state index contributed by atoms with van der Waals surface area (Å²) in [4.78, 5) is 23.2. The van der Waals surface area contributed by atoms with Crippen molar-refractivity contribution >= 4 is 11.8 Å². The van der Waals surface area contributed by atoms with Gasteiger partial charge in [0.05, 0.1) is 0 Å². The molecule has 0 bridgehead atoms. The summed E-state index contributed by atoms with van der Waals surface area (Å²) in [7, 11) is 0. The zero-order chi connectivity index (χ0) is 19.5. The minimum absolute atomic E-state index is 0.00156. The predicted octanol–water partition coefficient (Wildman–Crippen LogP) is 4.02. The van der Waals surface area contributed by atoms with E-state index < -0.39 is 0 Å². The van der Waals surface area contributed by atoms with Gasteiger partial charge in [0.15, 0.2) is 0 Å². The Morgan fingerprint density at radius 2 is 1.41 bits per heavy atom. The van der Waals surface area contributed by atoms with E-state index in [-0.39, 0.29) is 23.8 Å². The number of benzene rings is 2. The minimum Gasteiger partial charge on any atom is -0.356 e. The molecule has 144 valence electrons. The van der Waals surface area contributed by atoms with E-state index >= 15 is 0 Å². The Morgan fingerprint density at radius 1 is 0.852 bits per heavy atom. The second-order valence-electron chi connectivity index (χ2n) is 6.95. The Labute approximate surface area is 162 Å². The Hall–Kier alpha value is -2.62. The SMILES string of the molecule is CC(=O)NCCCCCC(=O)NC(C)C(c1ccccc1)c1ccccc1. The Balaban J connectivity index is 1.89. The van der Waals surface area contributed by atoms with E-state index in [0.717, 1.165) is 19.3 Å². The summed E-state index contributed by atoms with van der Waals surface area (Å²) in [5, 5.41) is 5.96. The number of hydrogen-bond acceptors (Lipinski definition) is 2. The smallest absolute Gasteiger partial charge is 0.220 e. The van der Waals surface area contributed by atoms with Crippen LogP contribution in [0.5, 0.6) is 0 Å². The molecule has 0 aliphatic carbocycles. The molecule has 0 aromatic heterocycles. The van der Waals surface area contributed by atoms with Gasteiger partial charge in [-0.2, -0.15) is 0 Å². The maximum absolute atomic E-state index is 12.4. The topological polar surface area (TPSA) is 58.2 Å². The molecule has 0 spiro atoms. The average Bonchev–Trinajstić information content (AvgIpc) is 2.66. The number of amides is 2. The second-order valence-corrected chi connectivity index (χ2v) is 6.95. The van der Waals surface area contributed by atoms with Gasteiger partial charge in [-0.15, -0.1) is 0 Å². The average molecular weight is 367 g/mol. The summed E-state index contributed by atoms with van der Waals surface area (Å²) in [5.41, 5.74) is 2.40. The van der Waals surface area contributed by atoms with Crippen LogP contribution in [0.4, 0.5) is 0 Å². The predicted molar refractivity (Wildman–Crippen MR) is 109 cm³/mol. The Morgan fingerprint density at radius 3 is 1.93 bits per heavy atom. The summed E-state index contributed by atoms with van der Waals surface area (Å²) in [6, 6.07) is 20.6. The molecular formula is C23H30N2O2. The van der Waals surface area contributed by atoms with Crippen LogP contribution in [0.3, 0.4) is 0 Å². The van der Waals surface area contributed by atoms with E-state index in [0.29, 0.717) is 13.0 Å². The zero-order valence-corrected chi connectivity index (χ0v) is 16.3. The summed E-state index contributed by atoms with van der Waals surface area (Å²) in [6.45, 7) is 4.27. The van der Waals surface area contributed by atoms with Gasteiger partial charge in [-0.3, -0.25) is 9.59 Å². The van der Waals surface area contributed by atoms with Crippen LogP contribution in [0.2, 0.25) is 0 Å². The van der Waals surface area contributed by atoms with Gasteiger partial charge in [0.2, 0.25) is 11.8 Å². The van der Waals surface area contributed by atoms with Crippen LogP contribution in [0.25, 0.3) is 0 Å². The number of nitrogens with one attached hydrogen (secondary N) is 2. The maximum Gasteiger partial charge on any atom is 0.220 e. The third-order valence-electron chi connectivity index (χ3n) is 4.66. The van der Waals surface area contributed by atoms with Gasteiger partial charge in [-0.25, -0.2) is 0 Å². The van der Waals surface area contributed by atoms with Crippen molar-refractivity contribution in [3.05, 3.63) is 71.8 Å². The molecule has 4 heteroatoms. The van der Waals surface area contributed by atoms with Gasteiger partial charge in [0.25, 0.3) is 0 Å². The molecule has 2 rings (SSSR count). The molecule has 0 aliphatic rings. The first-order chi connectivity index (χ1) is 13.1. The first-order valence-corrected chi connectivity index (χ1v) is 9.71. The largest absolute Gasteiger partial charge is 0.356 e. The molecule has 2 aromatic rings. The van der Waals surface area contributed by atoms with Crippen LogP contribution in [0.1, 0.15) is 56.6 Å². The molecule has 0 aliphatic heterocycles. The van der Waals surface area contributed by atoms with Gasteiger partial charge in [-0.1, -0.05) is 67.1 Å². The van der Waals surface area contributed by atoms with Crippen LogP contribution < -0.4 is 10.6 Å². The van der Waals surface area contributed by atoms with Crippen LogP contribution in [-0.4, -0.2) is 24.4 Å². The number of rotatable bonds is 10. The first kappa shape index (κ1) is 20.7. The molecule has 0 radical (unpaired) electrons. The van der Waals surface area contributed by atoms with Gasteiger partial charge in [0.1, 0.15) is 0 Å². The maximum atomic E-state index is 12.4. The summed E-state index contributed by atoms with van der Waals surface area (Å²) in [5.74, 6) is 0.199. The number of carbonyl (C=O) groups is 2. The lowest BCUT2D eigenvalue weighted by Gasteiger charge is -2.26. The van der Waals surface area contributed by atoms with Crippen molar-refractivity contribution in [1.29, 1.82) is 0 Å². The van der Waals surface area contributed by atoms with Gasteiger partial charge >= 0.3 is 0 Å². The van der Waals surface area contributed by atoms with Crippen molar-refractivity contribution < 1.29 is 9.59 Å². The number of hydrogen-bond donors (Lipinski definition) is 2. The molecule has 2 amide bonds. The van der Waals surface area contributed by atoms with Crippen molar-refractivity contribution in [2.75, 3.05) is 6.54 Å². The van der Waals surface area contributed by atoms with E-state index in [1.807, 2.05) is 36.4 Å². The van der Waals surface area contributed by atoms with Crippen LogP contribution in [0, 0.1) is 0 Å². The molecule has 0 heterocycles. The summed E-state index contributed by atoms with van der Waals surface area (Å²) in [6.07, 6.45) is 3.18. The van der Waals surface area contributed by atoms with Crippen LogP contribution in [0.15, 0.2) is 60.7 Å². The molecule has 27 heavy (non-hydrogen) atoms. The fourth-order valence-electron chi connectivity index (χ4n) is 3.35. The molecule has 2 aromatic carbocycles. The molecule has 0 fully saturated rings. The lowest BCUT2D eigenvalue weighted by Crippen LogP contribution is -2.37. The van der Waals surface area contributed by atoms with Gasteiger partial charge < -0.3 is 10.6 Å². The lowest BCUT2D eigenvalue weighted by atomic mass is 9.85. The summed E-state index contributed by atoms with van der Waals surface area (Å²) >= 11 is 0. The van der Waals surface area contributed by atoms with Crippen LogP contribution >= 0.6 is 0 Å². The van der Waals surface area contributed by atoms with E-state index in [2.05, 4.69) is 41.8 Å². The highest BCUT2D eigenvalue weighted by atomic mass is 16.2. The third kappa shape index (κ3) is 7.26. The Bertz CT molecular complexity index is 661. The number of unbranched alkanes of at least 4 members (excludes halogenated alkanes) is 2. The highest BCUT2D eigenvalue weighted by Gasteiger charge is 2.22. The second kappa shape index (κ2) is 11.2. The number of carbonyl (C=O) groups excluding carboxylic acids is 2. The van der Waals surface area contributed by atoms with Crippen molar-refractivity contribution in [1.82, 2.24) is 10.6 Å². The van der Waals surface area contributed by atoms with Crippen LogP contribution in [-0.2, 0) is 9.59 Å². The van der Waals surface area contributed by atoms with Crippen molar-refractivity contribution in [2.45, 2.75) is 51.5 Å². The monoisotopic (exact) mass is 366 g/mol. The van der Waals surface area contributed by atoms with E-state index in [4.69, 9.17) is 0 Å². The van der Waals surface area contributed by atoms with E-state index in [1.165, 1.54) is 18.1 Å². The fourth-order valence-corrected chi connectivity index (χ4v) is 3.35. The highest BCUT2D eigenvalue weighted by Crippen LogP contribution is 2.28. The van der Waals surface area contributed by atoms with Crippen molar-refractivity contribution in [2.24, 2.45) is 0 Å². The normalized spacial score (nSPS) is 11.8. The third-order valence-corrected chi connectivity index (χ3v) is 4.66.